The second-order valence-electron chi connectivity index (χ2n) is 5.91. The van der Waals surface area contributed by atoms with Crippen molar-refractivity contribution in [3.63, 3.8) is 0 Å². The van der Waals surface area contributed by atoms with Crippen molar-refractivity contribution in [3.05, 3.63) is 41.6 Å². The minimum Gasteiger partial charge on any atom is -0.472 e. The Bertz CT molecular complexity index is 735. The lowest BCUT2D eigenvalue weighted by atomic mass is 10.2. The topological polar surface area (TPSA) is 79.5 Å². The molecule has 1 fully saturated rings. The molecule has 0 unspecified atom stereocenters. The van der Waals surface area contributed by atoms with Gasteiger partial charge in [0.25, 0.3) is 5.91 Å². The second-order valence-corrected chi connectivity index (χ2v) is 6.85. The van der Waals surface area contributed by atoms with E-state index in [0.29, 0.717) is 42.7 Å². The van der Waals surface area contributed by atoms with Crippen molar-refractivity contribution in [2.24, 2.45) is 0 Å². The fraction of sp³-hybridized carbons (Fsp3) is 0.412. The molecule has 3 rings (SSSR count). The number of thioether (sulfide) groups is 1. The zero-order chi connectivity index (χ0) is 17.8. The summed E-state index contributed by atoms with van der Waals surface area (Å²) in [6.07, 6.45) is 2.93. The maximum Gasteiger partial charge on any atom is 0.257 e. The highest BCUT2D eigenvalue weighted by Gasteiger charge is 2.25. The van der Waals surface area contributed by atoms with Crippen LogP contribution in [0.4, 0.5) is 0 Å². The third-order valence-corrected chi connectivity index (χ3v) is 4.81. The second kappa shape index (κ2) is 7.69. The monoisotopic (exact) mass is 360 g/mol. The van der Waals surface area contributed by atoms with Crippen molar-refractivity contribution in [2.45, 2.75) is 19.0 Å². The Labute approximate surface area is 150 Å². The lowest BCUT2D eigenvalue weighted by Crippen LogP contribution is -2.51. The van der Waals surface area contributed by atoms with Crippen molar-refractivity contribution < 1.29 is 14.0 Å². The highest BCUT2D eigenvalue weighted by molar-refractivity contribution is 7.99. The van der Waals surface area contributed by atoms with Crippen LogP contribution in [0.2, 0.25) is 0 Å². The van der Waals surface area contributed by atoms with Gasteiger partial charge in [-0.3, -0.25) is 9.59 Å². The van der Waals surface area contributed by atoms with E-state index >= 15 is 0 Å². The van der Waals surface area contributed by atoms with Crippen LogP contribution in [-0.4, -0.2) is 63.5 Å². The number of hydrogen-bond acceptors (Lipinski definition) is 6. The number of hydrogen-bond donors (Lipinski definition) is 0. The Morgan fingerprint density at radius 1 is 1.12 bits per heavy atom. The van der Waals surface area contributed by atoms with E-state index < -0.39 is 0 Å². The maximum atomic E-state index is 12.4. The Morgan fingerprint density at radius 3 is 2.36 bits per heavy atom. The van der Waals surface area contributed by atoms with Crippen LogP contribution in [0.25, 0.3) is 0 Å². The van der Waals surface area contributed by atoms with Gasteiger partial charge in [0.15, 0.2) is 5.16 Å². The number of carbonyl (C=O) groups is 2. The van der Waals surface area contributed by atoms with Crippen LogP contribution in [-0.2, 0) is 4.79 Å². The van der Waals surface area contributed by atoms with Crippen LogP contribution in [0.15, 0.2) is 34.2 Å². The van der Waals surface area contributed by atoms with E-state index in [2.05, 4.69) is 9.97 Å². The molecule has 132 valence electrons. The minimum absolute atomic E-state index is 0.0446. The van der Waals surface area contributed by atoms with Gasteiger partial charge in [-0.15, -0.1) is 0 Å². The molecule has 0 bridgehead atoms. The molecule has 0 aliphatic carbocycles. The van der Waals surface area contributed by atoms with Crippen LogP contribution in [0.3, 0.4) is 0 Å². The van der Waals surface area contributed by atoms with E-state index in [1.807, 2.05) is 19.9 Å². The van der Waals surface area contributed by atoms with Crippen LogP contribution in [0.1, 0.15) is 21.7 Å². The summed E-state index contributed by atoms with van der Waals surface area (Å²) in [5, 5.41) is 0.625. The highest BCUT2D eigenvalue weighted by atomic mass is 32.2. The number of carbonyl (C=O) groups excluding carboxylic acids is 2. The first-order valence-corrected chi connectivity index (χ1v) is 9.06. The number of aromatic nitrogens is 2. The van der Waals surface area contributed by atoms with Crippen molar-refractivity contribution in [3.8, 4) is 0 Å². The first-order chi connectivity index (χ1) is 12.0. The Balaban J connectivity index is 1.49. The first kappa shape index (κ1) is 17.5. The van der Waals surface area contributed by atoms with Gasteiger partial charge in [-0.1, -0.05) is 11.8 Å². The molecule has 1 aliphatic rings. The van der Waals surface area contributed by atoms with Crippen molar-refractivity contribution in [1.82, 2.24) is 19.8 Å². The molecule has 1 saturated heterocycles. The summed E-state index contributed by atoms with van der Waals surface area (Å²) < 4.78 is 4.95. The molecule has 8 heteroatoms. The molecule has 0 spiro atoms. The molecule has 2 aromatic rings. The molecule has 1 aliphatic heterocycles. The van der Waals surface area contributed by atoms with Crippen LogP contribution >= 0.6 is 11.8 Å². The van der Waals surface area contributed by atoms with E-state index in [-0.39, 0.29) is 11.8 Å². The molecule has 0 N–H and O–H groups in total. The number of rotatable bonds is 4. The average molecular weight is 360 g/mol. The van der Waals surface area contributed by atoms with E-state index in [4.69, 9.17) is 4.42 Å². The fourth-order valence-corrected chi connectivity index (χ4v) is 3.56. The summed E-state index contributed by atoms with van der Waals surface area (Å²) in [6, 6.07) is 3.56. The molecule has 0 radical (unpaired) electrons. The van der Waals surface area contributed by atoms with E-state index in [1.54, 1.807) is 15.9 Å². The summed E-state index contributed by atoms with van der Waals surface area (Å²) in [6.45, 7) is 5.96. The third kappa shape index (κ3) is 4.39. The van der Waals surface area contributed by atoms with Crippen molar-refractivity contribution >= 4 is 23.6 Å². The predicted octanol–water partition coefficient (Wildman–Crippen LogP) is 1.76. The molecule has 7 nitrogen and oxygen atoms in total. The largest absolute Gasteiger partial charge is 0.472 e. The quantitative estimate of drug-likeness (QED) is 0.611. The summed E-state index contributed by atoms with van der Waals surface area (Å²) in [4.78, 5) is 36.8. The van der Waals surface area contributed by atoms with Gasteiger partial charge in [0.05, 0.1) is 17.6 Å². The lowest BCUT2D eigenvalue weighted by Gasteiger charge is -2.34. The molecule has 0 aromatic carbocycles. The normalized spacial score (nSPS) is 14.6. The van der Waals surface area contributed by atoms with Gasteiger partial charge in [-0.25, -0.2) is 9.97 Å². The molecule has 0 atom stereocenters. The summed E-state index contributed by atoms with van der Waals surface area (Å²) in [5.41, 5.74) is 2.34. The van der Waals surface area contributed by atoms with Gasteiger partial charge < -0.3 is 14.2 Å². The van der Waals surface area contributed by atoms with Crippen LogP contribution < -0.4 is 0 Å². The Hall–Kier alpha value is -2.35. The van der Waals surface area contributed by atoms with Gasteiger partial charge in [0.1, 0.15) is 6.26 Å². The summed E-state index contributed by atoms with van der Waals surface area (Å²) in [5.74, 6) is 0.292. The first-order valence-electron chi connectivity index (χ1n) is 8.07. The van der Waals surface area contributed by atoms with Gasteiger partial charge in [-0.2, -0.15) is 0 Å². The number of amides is 2. The molecule has 2 aromatic heterocycles. The zero-order valence-electron chi connectivity index (χ0n) is 14.3. The van der Waals surface area contributed by atoms with Crippen LogP contribution in [0.5, 0.6) is 0 Å². The molecular formula is C17H20N4O3S. The molecule has 3 heterocycles. The third-order valence-electron chi connectivity index (χ3n) is 3.97. The predicted molar refractivity (Wildman–Crippen MR) is 93.4 cm³/mol. The van der Waals surface area contributed by atoms with Gasteiger partial charge in [-0.05, 0) is 26.0 Å². The van der Waals surface area contributed by atoms with Crippen molar-refractivity contribution in [2.75, 3.05) is 31.9 Å². The minimum atomic E-state index is -0.0566. The summed E-state index contributed by atoms with van der Waals surface area (Å²) >= 11 is 1.35. The molecular weight excluding hydrogens is 340 g/mol. The molecule has 2 amide bonds. The molecule has 0 saturated carbocycles. The van der Waals surface area contributed by atoms with Gasteiger partial charge in [0.2, 0.25) is 5.91 Å². The van der Waals surface area contributed by atoms with Crippen LogP contribution in [0, 0.1) is 13.8 Å². The number of furan rings is 1. The van der Waals surface area contributed by atoms with E-state index in [9.17, 15) is 9.59 Å². The fourth-order valence-electron chi connectivity index (χ4n) is 2.70. The SMILES string of the molecule is Cc1cc(C)nc(SCC(=O)N2CCN(C(=O)c3ccoc3)CC2)n1. The smallest absolute Gasteiger partial charge is 0.257 e. The zero-order valence-corrected chi connectivity index (χ0v) is 15.1. The molecule has 25 heavy (non-hydrogen) atoms. The lowest BCUT2D eigenvalue weighted by molar-refractivity contribution is -0.129. The summed E-state index contributed by atoms with van der Waals surface area (Å²) in [7, 11) is 0. The van der Waals surface area contributed by atoms with Gasteiger partial charge in [0, 0.05) is 37.6 Å². The maximum absolute atomic E-state index is 12.4. The standard InChI is InChI=1S/C17H20N4O3S/c1-12-9-13(2)19-17(18-12)25-11-15(22)20-4-6-21(7-5-20)16(23)14-3-8-24-10-14/h3,8-10H,4-7,11H2,1-2H3. The highest BCUT2D eigenvalue weighted by Crippen LogP contribution is 2.16. The number of nitrogens with zero attached hydrogens (tertiary/aromatic N) is 4. The Morgan fingerprint density at radius 2 is 1.76 bits per heavy atom. The Kier molecular flexibility index (Phi) is 5.37. The van der Waals surface area contributed by atoms with E-state index in [0.717, 1.165) is 11.4 Å². The van der Waals surface area contributed by atoms with E-state index in [1.165, 1.54) is 24.3 Å². The van der Waals surface area contributed by atoms with Gasteiger partial charge >= 0.3 is 0 Å². The average Bonchev–Trinajstić information content (AvgIpc) is 3.13. The number of piperazine rings is 1. The number of aryl methyl sites for hydroxylation is 2. The van der Waals surface area contributed by atoms with Crippen molar-refractivity contribution in [1.29, 1.82) is 0 Å².